The van der Waals surface area contributed by atoms with Gasteiger partial charge >= 0.3 is 5.97 Å². The molecule has 1 aromatic carbocycles. The number of rotatable bonds is 3. The Morgan fingerprint density at radius 1 is 1.26 bits per heavy atom. The van der Waals surface area contributed by atoms with E-state index in [1.54, 1.807) is 0 Å². The minimum absolute atomic E-state index is 0.00175. The fourth-order valence-corrected chi connectivity index (χ4v) is 1.67. The van der Waals surface area contributed by atoms with Crippen LogP contribution in [-0.2, 0) is 0 Å². The van der Waals surface area contributed by atoms with Crippen molar-refractivity contribution in [2.45, 2.75) is 0 Å². The van der Waals surface area contributed by atoms with Crippen LogP contribution in [0.15, 0.2) is 30.3 Å². The summed E-state index contributed by atoms with van der Waals surface area (Å²) in [5.74, 6) is -1.89. The molecule has 0 aliphatic heterocycles. The molecular formula is C12H6Cl2FNO3. The van der Waals surface area contributed by atoms with Crippen molar-refractivity contribution in [2.75, 3.05) is 0 Å². The number of halogens is 3. The number of aromatic carboxylic acids is 1. The van der Waals surface area contributed by atoms with Gasteiger partial charge in [0.25, 0.3) is 0 Å². The predicted molar refractivity (Wildman–Crippen MR) is 67.7 cm³/mol. The SMILES string of the molecule is O=C(O)c1ccc(Cl)nc1Oc1ccc(F)cc1Cl. The third-order valence-corrected chi connectivity index (χ3v) is 2.66. The number of aromatic nitrogens is 1. The lowest BCUT2D eigenvalue weighted by atomic mass is 10.2. The Bertz CT molecular complexity index is 649. The highest BCUT2D eigenvalue weighted by molar-refractivity contribution is 6.32. The number of hydrogen-bond acceptors (Lipinski definition) is 3. The molecule has 0 amide bonds. The van der Waals surface area contributed by atoms with Crippen LogP contribution in [0.5, 0.6) is 11.6 Å². The average Bonchev–Trinajstić information content (AvgIpc) is 2.32. The standard InChI is InChI=1S/C12H6Cl2FNO3/c13-8-5-6(15)1-3-9(8)19-11-7(12(17)18)2-4-10(14)16-11/h1-5H,(H,17,18). The van der Waals surface area contributed by atoms with Gasteiger partial charge in [-0.25, -0.2) is 14.2 Å². The zero-order valence-corrected chi connectivity index (χ0v) is 10.7. The summed E-state index contributed by atoms with van der Waals surface area (Å²) in [7, 11) is 0. The van der Waals surface area contributed by atoms with E-state index >= 15 is 0 Å². The van der Waals surface area contributed by atoms with Crippen molar-refractivity contribution in [1.82, 2.24) is 4.98 Å². The summed E-state index contributed by atoms with van der Waals surface area (Å²) >= 11 is 11.5. The number of hydrogen-bond donors (Lipinski definition) is 1. The van der Waals surface area contributed by atoms with E-state index in [1.165, 1.54) is 18.2 Å². The topological polar surface area (TPSA) is 59.4 Å². The van der Waals surface area contributed by atoms with Gasteiger partial charge in [0.2, 0.25) is 5.88 Å². The highest BCUT2D eigenvalue weighted by atomic mass is 35.5. The maximum absolute atomic E-state index is 12.9. The van der Waals surface area contributed by atoms with E-state index in [9.17, 15) is 9.18 Å². The van der Waals surface area contributed by atoms with Crippen LogP contribution in [0.25, 0.3) is 0 Å². The van der Waals surface area contributed by atoms with Crippen molar-refractivity contribution in [2.24, 2.45) is 0 Å². The maximum Gasteiger partial charge on any atom is 0.341 e. The van der Waals surface area contributed by atoms with Crippen molar-refractivity contribution in [3.63, 3.8) is 0 Å². The summed E-state index contributed by atoms with van der Waals surface area (Å²) in [4.78, 5) is 14.8. The first-order valence-corrected chi connectivity index (χ1v) is 5.75. The summed E-state index contributed by atoms with van der Waals surface area (Å²) in [6.45, 7) is 0. The molecule has 1 N–H and O–H groups in total. The van der Waals surface area contributed by atoms with Gasteiger partial charge in [0.05, 0.1) is 5.02 Å². The lowest BCUT2D eigenvalue weighted by molar-refractivity contribution is 0.0693. The van der Waals surface area contributed by atoms with Crippen molar-refractivity contribution in [1.29, 1.82) is 0 Å². The van der Waals surface area contributed by atoms with E-state index in [2.05, 4.69) is 4.98 Å². The molecule has 0 unspecified atom stereocenters. The van der Waals surface area contributed by atoms with E-state index < -0.39 is 11.8 Å². The number of ether oxygens (including phenoxy) is 1. The minimum Gasteiger partial charge on any atom is -0.477 e. The largest absolute Gasteiger partial charge is 0.477 e. The Morgan fingerprint density at radius 2 is 2.00 bits per heavy atom. The van der Waals surface area contributed by atoms with Gasteiger partial charge in [-0.05, 0) is 30.3 Å². The van der Waals surface area contributed by atoms with Gasteiger partial charge in [-0.2, -0.15) is 0 Å². The Hall–Kier alpha value is -1.85. The van der Waals surface area contributed by atoms with Gasteiger partial charge in [-0.15, -0.1) is 0 Å². The number of carboxylic acids is 1. The molecular weight excluding hydrogens is 296 g/mol. The quantitative estimate of drug-likeness (QED) is 0.870. The molecule has 0 atom stereocenters. The summed E-state index contributed by atoms with van der Waals surface area (Å²) < 4.78 is 18.1. The van der Waals surface area contributed by atoms with Crippen molar-refractivity contribution < 1.29 is 19.0 Å². The van der Waals surface area contributed by atoms with Gasteiger partial charge in [0, 0.05) is 0 Å². The number of carboxylic acid groups (broad SMARTS) is 1. The molecule has 1 heterocycles. The molecule has 7 heteroatoms. The molecule has 1 aromatic heterocycles. The molecule has 0 aliphatic carbocycles. The molecule has 2 rings (SSSR count). The van der Waals surface area contributed by atoms with Crippen LogP contribution < -0.4 is 4.74 Å². The Labute approximate surface area is 117 Å². The van der Waals surface area contributed by atoms with Crippen LogP contribution in [0.3, 0.4) is 0 Å². The lowest BCUT2D eigenvalue weighted by Crippen LogP contribution is -2.02. The molecule has 0 aliphatic rings. The highest BCUT2D eigenvalue weighted by Crippen LogP contribution is 2.31. The van der Waals surface area contributed by atoms with Crippen LogP contribution in [0, 0.1) is 5.82 Å². The minimum atomic E-state index is -1.22. The smallest absolute Gasteiger partial charge is 0.341 e. The normalized spacial score (nSPS) is 10.3. The van der Waals surface area contributed by atoms with E-state index in [0.29, 0.717) is 0 Å². The van der Waals surface area contributed by atoms with Crippen LogP contribution >= 0.6 is 23.2 Å². The van der Waals surface area contributed by atoms with Gasteiger partial charge in [0.15, 0.2) is 0 Å². The molecule has 98 valence electrons. The number of nitrogens with zero attached hydrogens (tertiary/aromatic N) is 1. The van der Waals surface area contributed by atoms with E-state index in [-0.39, 0.29) is 27.4 Å². The molecule has 4 nitrogen and oxygen atoms in total. The molecule has 2 aromatic rings. The van der Waals surface area contributed by atoms with E-state index in [1.807, 2.05) is 0 Å². The van der Waals surface area contributed by atoms with Crippen LogP contribution in [0.2, 0.25) is 10.2 Å². The molecule has 0 saturated carbocycles. The van der Waals surface area contributed by atoms with Gasteiger partial charge in [0.1, 0.15) is 22.3 Å². The zero-order valence-electron chi connectivity index (χ0n) is 9.23. The monoisotopic (exact) mass is 301 g/mol. The zero-order chi connectivity index (χ0) is 14.0. The van der Waals surface area contributed by atoms with Gasteiger partial charge in [-0.1, -0.05) is 23.2 Å². The van der Waals surface area contributed by atoms with Gasteiger partial charge in [-0.3, -0.25) is 0 Å². The van der Waals surface area contributed by atoms with Crippen LogP contribution in [-0.4, -0.2) is 16.1 Å². The molecule has 19 heavy (non-hydrogen) atoms. The number of carbonyl (C=O) groups is 1. The van der Waals surface area contributed by atoms with Crippen molar-refractivity contribution in [3.05, 3.63) is 51.9 Å². The first-order chi connectivity index (χ1) is 8.97. The fourth-order valence-electron chi connectivity index (χ4n) is 1.32. The Morgan fingerprint density at radius 3 is 2.63 bits per heavy atom. The van der Waals surface area contributed by atoms with Crippen molar-refractivity contribution in [3.8, 4) is 11.6 Å². The highest BCUT2D eigenvalue weighted by Gasteiger charge is 2.15. The first-order valence-electron chi connectivity index (χ1n) is 5.00. The number of pyridine rings is 1. The third kappa shape index (κ3) is 3.13. The molecule has 0 fully saturated rings. The fraction of sp³-hybridized carbons (Fsp3) is 0. The van der Waals surface area contributed by atoms with Crippen LogP contribution in [0.4, 0.5) is 4.39 Å². The van der Waals surface area contributed by atoms with Crippen molar-refractivity contribution >= 4 is 29.2 Å². The Kier molecular flexibility index (Phi) is 3.87. The summed E-state index contributed by atoms with van der Waals surface area (Å²) in [5.41, 5.74) is -0.176. The summed E-state index contributed by atoms with van der Waals surface area (Å²) in [6, 6.07) is 6.02. The number of benzene rings is 1. The molecule has 0 saturated heterocycles. The second-order valence-electron chi connectivity index (χ2n) is 3.47. The van der Waals surface area contributed by atoms with E-state index in [4.69, 9.17) is 33.0 Å². The predicted octanol–water partition coefficient (Wildman–Crippen LogP) is 4.02. The lowest BCUT2D eigenvalue weighted by Gasteiger charge is -2.09. The summed E-state index contributed by atoms with van der Waals surface area (Å²) in [5, 5.41) is 9.06. The maximum atomic E-state index is 12.9. The van der Waals surface area contributed by atoms with E-state index in [0.717, 1.165) is 12.1 Å². The van der Waals surface area contributed by atoms with Gasteiger partial charge < -0.3 is 9.84 Å². The Balaban J connectivity index is 2.42. The first kappa shape index (κ1) is 13.6. The molecule has 0 bridgehead atoms. The summed E-state index contributed by atoms with van der Waals surface area (Å²) in [6.07, 6.45) is 0. The third-order valence-electron chi connectivity index (χ3n) is 2.16. The molecule has 0 spiro atoms. The van der Waals surface area contributed by atoms with Crippen LogP contribution in [0.1, 0.15) is 10.4 Å². The molecule has 0 radical (unpaired) electrons. The average molecular weight is 302 g/mol. The second kappa shape index (κ2) is 5.42. The second-order valence-corrected chi connectivity index (χ2v) is 4.26.